The molecule has 8 nitrogen and oxygen atoms in total. The van der Waals surface area contributed by atoms with Gasteiger partial charge in [-0.25, -0.2) is 4.98 Å². The van der Waals surface area contributed by atoms with Crippen molar-refractivity contribution in [1.29, 1.82) is 0 Å². The van der Waals surface area contributed by atoms with Crippen LogP contribution < -0.4 is 10.1 Å². The van der Waals surface area contributed by atoms with Gasteiger partial charge in [0.1, 0.15) is 17.9 Å². The molecule has 0 unspecified atom stereocenters. The van der Waals surface area contributed by atoms with Gasteiger partial charge in [0.25, 0.3) is 5.91 Å². The van der Waals surface area contributed by atoms with Gasteiger partial charge in [-0.15, -0.1) is 10.2 Å². The van der Waals surface area contributed by atoms with Gasteiger partial charge >= 0.3 is 0 Å². The summed E-state index contributed by atoms with van der Waals surface area (Å²) in [5, 5.41) is 11.5. The number of hydrogen-bond acceptors (Lipinski definition) is 6. The molecule has 0 aliphatic rings. The fraction of sp³-hybridized carbons (Fsp3) is 0.261. The first-order chi connectivity index (χ1) is 15.1. The Morgan fingerprint density at radius 1 is 1.19 bits per heavy atom. The highest BCUT2D eigenvalue weighted by Gasteiger charge is 2.12. The number of rotatable bonds is 8. The Hall–Kier alpha value is -3.81. The van der Waals surface area contributed by atoms with Crippen LogP contribution in [-0.4, -0.2) is 44.2 Å². The minimum Gasteiger partial charge on any atom is -0.493 e. The Balaban J connectivity index is 1.56. The number of nitrogens with zero attached hydrogens (tertiary/aromatic N) is 4. The third-order valence-electron chi connectivity index (χ3n) is 4.87. The second kappa shape index (κ2) is 9.34. The van der Waals surface area contributed by atoms with Crippen molar-refractivity contribution in [3.8, 4) is 17.0 Å². The molecule has 0 fully saturated rings. The third kappa shape index (κ3) is 4.85. The van der Waals surface area contributed by atoms with Crippen LogP contribution in [0.15, 0.2) is 48.9 Å². The quantitative estimate of drug-likeness (QED) is 0.426. The van der Waals surface area contributed by atoms with E-state index in [2.05, 4.69) is 25.5 Å². The molecule has 0 bridgehead atoms. The van der Waals surface area contributed by atoms with Gasteiger partial charge in [-0.1, -0.05) is 0 Å². The van der Waals surface area contributed by atoms with Gasteiger partial charge in [-0.05, 0) is 50.6 Å². The van der Waals surface area contributed by atoms with E-state index in [1.54, 1.807) is 24.7 Å². The van der Waals surface area contributed by atoms with Crippen LogP contribution in [0.25, 0.3) is 22.2 Å². The molecule has 2 N–H and O–H groups in total. The van der Waals surface area contributed by atoms with E-state index in [-0.39, 0.29) is 5.91 Å². The topological polar surface area (TPSA) is 106 Å². The Morgan fingerprint density at radius 3 is 2.87 bits per heavy atom. The van der Waals surface area contributed by atoms with Gasteiger partial charge in [-0.2, -0.15) is 0 Å². The molecule has 0 aliphatic heterocycles. The number of hydrogen-bond donors (Lipinski definition) is 2. The standard InChI is InChI=1S/C23H24N6O2/c1-3-31-21-13-19(16-8-10-24-15(2)11-16)28-20-12-17(6-7-18(20)21)23(30)25-9-4-5-22-26-14-27-29-22/h6-8,10-14H,3-5,9H2,1-2H3,(H,25,30)(H,26,27,29). The number of nitrogens with one attached hydrogen (secondary N) is 2. The summed E-state index contributed by atoms with van der Waals surface area (Å²) in [6, 6.07) is 11.3. The summed E-state index contributed by atoms with van der Waals surface area (Å²) >= 11 is 0. The second-order valence-corrected chi connectivity index (χ2v) is 7.15. The maximum atomic E-state index is 12.6. The van der Waals surface area contributed by atoms with E-state index < -0.39 is 0 Å². The highest BCUT2D eigenvalue weighted by atomic mass is 16.5. The van der Waals surface area contributed by atoms with Crippen LogP contribution in [0.4, 0.5) is 0 Å². The first kappa shape index (κ1) is 20.5. The van der Waals surface area contributed by atoms with Crippen molar-refractivity contribution in [2.45, 2.75) is 26.7 Å². The highest BCUT2D eigenvalue weighted by molar-refractivity contribution is 5.99. The van der Waals surface area contributed by atoms with Crippen molar-refractivity contribution < 1.29 is 9.53 Å². The predicted molar refractivity (Wildman–Crippen MR) is 118 cm³/mol. The third-order valence-corrected chi connectivity index (χ3v) is 4.87. The van der Waals surface area contributed by atoms with Gasteiger partial charge in [0.15, 0.2) is 0 Å². The summed E-state index contributed by atoms with van der Waals surface area (Å²) < 4.78 is 5.86. The fourth-order valence-corrected chi connectivity index (χ4v) is 3.38. The van der Waals surface area contributed by atoms with Crippen LogP contribution in [0.5, 0.6) is 5.75 Å². The molecule has 0 saturated carbocycles. The zero-order chi connectivity index (χ0) is 21.6. The average molecular weight is 416 g/mol. The zero-order valence-corrected chi connectivity index (χ0v) is 17.6. The molecule has 3 heterocycles. The van der Waals surface area contributed by atoms with Gasteiger partial charge < -0.3 is 15.0 Å². The molecule has 158 valence electrons. The molecule has 0 atom stereocenters. The van der Waals surface area contributed by atoms with E-state index in [1.165, 1.54) is 0 Å². The van der Waals surface area contributed by atoms with E-state index in [9.17, 15) is 4.79 Å². The average Bonchev–Trinajstić information content (AvgIpc) is 3.30. The van der Waals surface area contributed by atoms with E-state index in [0.717, 1.165) is 46.8 Å². The largest absolute Gasteiger partial charge is 0.493 e. The minimum atomic E-state index is -0.135. The number of benzene rings is 1. The summed E-state index contributed by atoms with van der Waals surface area (Å²) in [7, 11) is 0. The Kier molecular flexibility index (Phi) is 6.16. The van der Waals surface area contributed by atoms with Gasteiger partial charge in [0.05, 0.1) is 17.8 Å². The summed E-state index contributed by atoms with van der Waals surface area (Å²) in [4.78, 5) is 24.7. The number of carbonyl (C=O) groups excluding carboxylic acids is 1. The lowest BCUT2D eigenvalue weighted by atomic mass is 10.1. The predicted octanol–water partition coefficient (Wildman–Crippen LogP) is 3.48. The fourth-order valence-electron chi connectivity index (χ4n) is 3.38. The summed E-state index contributed by atoms with van der Waals surface area (Å²) in [5.74, 6) is 1.42. The minimum absolute atomic E-state index is 0.135. The van der Waals surface area contributed by atoms with Crippen molar-refractivity contribution in [2.24, 2.45) is 0 Å². The van der Waals surface area contributed by atoms with Crippen LogP contribution in [0.1, 0.15) is 35.2 Å². The normalized spacial score (nSPS) is 10.9. The molecule has 1 amide bonds. The smallest absolute Gasteiger partial charge is 0.251 e. The Labute approximate surface area is 180 Å². The number of pyridine rings is 2. The lowest BCUT2D eigenvalue weighted by Crippen LogP contribution is -2.24. The number of amides is 1. The van der Waals surface area contributed by atoms with Crippen LogP contribution in [0.3, 0.4) is 0 Å². The molecule has 3 aromatic heterocycles. The molecule has 0 spiro atoms. The zero-order valence-electron chi connectivity index (χ0n) is 17.6. The van der Waals surface area contributed by atoms with Gasteiger partial charge in [0.2, 0.25) is 0 Å². The molecule has 1 aromatic carbocycles. The molecular formula is C23H24N6O2. The van der Waals surface area contributed by atoms with Crippen LogP contribution in [0.2, 0.25) is 0 Å². The number of ether oxygens (including phenoxy) is 1. The maximum absolute atomic E-state index is 12.6. The van der Waals surface area contributed by atoms with E-state index >= 15 is 0 Å². The van der Waals surface area contributed by atoms with Crippen molar-refractivity contribution >= 4 is 16.8 Å². The number of aryl methyl sites for hydroxylation is 2. The first-order valence-corrected chi connectivity index (χ1v) is 10.3. The van der Waals surface area contributed by atoms with Gasteiger partial charge in [-0.3, -0.25) is 9.78 Å². The van der Waals surface area contributed by atoms with E-state index in [1.807, 2.05) is 38.1 Å². The second-order valence-electron chi connectivity index (χ2n) is 7.15. The van der Waals surface area contributed by atoms with Crippen molar-refractivity contribution in [3.63, 3.8) is 0 Å². The Morgan fingerprint density at radius 2 is 2.10 bits per heavy atom. The van der Waals surface area contributed by atoms with Crippen LogP contribution in [-0.2, 0) is 6.42 Å². The lowest BCUT2D eigenvalue weighted by molar-refractivity contribution is 0.0953. The maximum Gasteiger partial charge on any atom is 0.251 e. The molecular weight excluding hydrogens is 392 g/mol. The van der Waals surface area contributed by atoms with Gasteiger partial charge in [0, 0.05) is 47.4 Å². The number of fused-ring (bicyclic) bond motifs is 1. The van der Waals surface area contributed by atoms with Crippen LogP contribution >= 0.6 is 0 Å². The number of carbonyl (C=O) groups is 1. The highest BCUT2D eigenvalue weighted by Crippen LogP contribution is 2.31. The molecule has 0 saturated heterocycles. The summed E-state index contributed by atoms with van der Waals surface area (Å²) in [6.07, 6.45) is 4.81. The van der Waals surface area contributed by atoms with Crippen molar-refractivity contribution in [3.05, 3.63) is 66.0 Å². The van der Waals surface area contributed by atoms with Crippen LogP contribution in [0, 0.1) is 6.92 Å². The number of H-pyrrole nitrogens is 1. The molecule has 8 heteroatoms. The summed E-state index contributed by atoms with van der Waals surface area (Å²) in [6.45, 7) is 4.98. The number of aromatic nitrogens is 5. The van der Waals surface area contributed by atoms with E-state index in [4.69, 9.17) is 9.72 Å². The van der Waals surface area contributed by atoms with Crippen molar-refractivity contribution in [2.75, 3.05) is 13.2 Å². The SMILES string of the molecule is CCOc1cc(-c2ccnc(C)c2)nc2cc(C(=O)NCCCc3nnc[nH]3)ccc12. The molecule has 4 aromatic rings. The lowest BCUT2D eigenvalue weighted by Gasteiger charge is -2.12. The Bertz CT molecular complexity index is 1190. The van der Waals surface area contributed by atoms with E-state index in [0.29, 0.717) is 24.2 Å². The number of aromatic amines is 1. The molecule has 31 heavy (non-hydrogen) atoms. The molecule has 0 aliphatic carbocycles. The summed E-state index contributed by atoms with van der Waals surface area (Å²) in [5.41, 5.74) is 3.93. The first-order valence-electron chi connectivity index (χ1n) is 10.3. The van der Waals surface area contributed by atoms with Crippen molar-refractivity contribution in [1.82, 2.24) is 30.5 Å². The molecule has 4 rings (SSSR count). The molecule has 0 radical (unpaired) electrons. The monoisotopic (exact) mass is 416 g/mol.